The number of hydrogen-bond donors (Lipinski definition) is 1. The summed E-state index contributed by atoms with van der Waals surface area (Å²) >= 11 is 0. The average molecular weight is 291 g/mol. The molecule has 0 aromatic rings. The summed E-state index contributed by atoms with van der Waals surface area (Å²) in [7, 11) is 0. The standard InChI is InChI=1S/C17H29N3O/c1-17(2)13-4-3-12(14(17)9-13)11-20-8-7-19-6-5-18-10-15(19)16(20)21/h12-15,18H,3-11H2,1-2H3/t12-,13+,14+,15+/m0/s1. The first kappa shape index (κ1) is 14.0. The molecule has 2 bridgehead atoms. The molecule has 0 unspecified atom stereocenters. The molecule has 21 heavy (non-hydrogen) atoms. The summed E-state index contributed by atoms with van der Waals surface area (Å²) < 4.78 is 0. The Hall–Kier alpha value is -0.610. The molecule has 4 nitrogen and oxygen atoms in total. The van der Waals surface area contributed by atoms with Crippen molar-refractivity contribution in [2.75, 3.05) is 39.3 Å². The first-order valence-electron chi connectivity index (χ1n) is 8.81. The number of nitrogens with zero attached hydrogens (tertiary/aromatic N) is 2. The summed E-state index contributed by atoms with van der Waals surface area (Å²) in [5, 5.41) is 3.38. The second-order valence-corrected chi connectivity index (χ2v) is 8.24. The molecule has 5 fully saturated rings. The Bertz CT molecular complexity index is 434. The number of amides is 1. The minimum absolute atomic E-state index is 0.109. The van der Waals surface area contributed by atoms with Crippen LogP contribution in [0.2, 0.25) is 0 Å². The van der Waals surface area contributed by atoms with E-state index in [4.69, 9.17) is 0 Å². The van der Waals surface area contributed by atoms with E-state index in [1.54, 1.807) is 0 Å². The summed E-state index contributed by atoms with van der Waals surface area (Å²) in [4.78, 5) is 17.3. The molecule has 2 aliphatic heterocycles. The van der Waals surface area contributed by atoms with Crippen molar-refractivity contribution in [1.82, 2.24) is 15.1 Å². The highest BCUT2D eigenvalue weighted by Crippen LogP contribution is 2.61. The summed E-state index contributed by atoms with van der Waals surface area (Å²) in [6, 6.07) is 0.109. The molecule has 0 aromatic carbocycles. The van der Waals surface area contributed by atoms with Gasteiger partial charge in [0.1, 0.15) is 6.04 Å². The molecule has 0 aromatic heterocycles. The fourth-order valence-corrected chi connectivity index (χ4v) is 5.47. The molecule has 3 saturated carbocycles. The van der Waals surface area contributed by atoms with Gasteiger partial charge in [-0.1, -0.05) is 13.8 Å². The zero-order chi connectivity index (χ0) is 14.6. The number of rotatable bonds is 2. The zero-order valence-corrected chi connectivity index (χ0v) is 13.5. The number of carbonyl (C=O) groups excluding carboxylic acids is 1. The topological polar surface area (TPSA) is 35.6 Å². The molecule has 2 heterocycles. The van der Waals surface area contributed by atoms with Crippen LogP contribution in [0.25, 0.3) is 0 Å². The van der Waals surface area contributed by atoms with Crippen LogP contribution >= 0.6 is 0 Å². The number of nitrogens with one attached hydrogen (secondary N) is 1. The van der Waals surface area contributed by atoms with E-state index in [1.807, 2.05) is 0 Å². The molecule has 1 amide bonds. The SMILES string of the molecule is CC1(C)[C@@H]2CC[C@@H](CN3CCN4CCNC[C@@H]4C3=O)[C@H]1C2. The molecular formula is C17H29N3O. The van der Waals surface area contributed by atoms with E-state index in [-0.39, 0.29) is 6.04 Å². The largest absolute Gasteiger partial charge is 0.340 e. The van der Waals surface area contributed by atoms with Crippen molar-refractivity contribution in [1.29, 1.82) is 0 Å². The first-order valence-corrected chi connectivity index (χ1v) is 8.81. The van der Waals surface area contributed by atoms with Crippen molar-refractivity contribution < 1.29 is 4.79 Å². The van der Waals surface area contributed by atoms with Crippen LogP contribution in [0.5, 0.6) is 0 Å². The fraction of sp³-hybridized carbons (Fsp3) is 0.941. The van der Waals surface area contributed by atoms with Crippen molar-refractivity contribution >= 4 is 5.91 Å². The van der Waals surface area contributed by atoms with E-state index in [1.165, 1.54) is 19.3 Å². The number of fused-ring (bicyclic) bond motifs is 3. The highest BCUT2D eigenvalue weighted by Gasteiger charge is 2.54. The quantitative estimate of drug-likeness (QED) is 0.830. The van der Waals surface area contributed by atoms with Gasteiger partial charge in [-0.2, -0.15) is 0 Å². The van der Waals surface area contributed by atoms with Crippen LogP contribution in [0.15, 0.2) is 0 Å². The van der Waals surface area contributed by atoms with Crippen LogP contribution in [0, 0.1) is 23.2 Å². The minimum atomic E-state index is 0.109. The lowest BCUT2D eigenvalue weighted by molar-refractivity contribution is -0.149. The van der Waals surface area contributed by atoms with Gasteiger partial charge < -0.3 is 10.2 Å². The maximum atomic E-state index is 12.8. The van der Waals surface area contributed by atoms with Crippen molar-refractivity contribution in [2.24, 2.45) is 23.2 Å². The lowest BCUT2D eigenvalue weighted by Gasteiger charge is -2.61. The van der Waals surface area contributed by atoms with Crippen LogP contribution in [0.1, 0.15) is 33.1 Å². The van der Waals surface area contributed by atoms with Gasteiger partial charge in [0, 0.05) is 39.3 Å². The Morgan fingerprint density at radius 1 is 1.24 bits per heavy atom. The Morgan fingerprint density at radius 2 is 2.10 bits per heavy atom. The molecule has 1 N–H and O–H groups in total. The van der Waals surface area contributed by atoms with E-state index in [9.17, 15) is 4.79 Å². The second kappa shape index (κ2) is 4.95. The average Bonchev–Trinajstić information content (AvgIpc) is 2.50. The van der Waals surface area contributed by atoms with Gasteiger partial charge in [-0.25, -0.2) is 0 Å². The summed E-state index contributed by atoms with van der Waals surface area (Å²) in [6.45, 7) is 10.8. The van der Waals surface area contributed by atoms with Crippen molar-refractivity contribution in [3.63, 3.8) is 0 Å². The van der Waals surface area contributed by atoms with Crippen molar-refractivity contribution in [3.05, 3.63) is 0 Å². The van der Waals surface area contributed by atoms with Gasteiger partial charge in [-0.05, 0) is 42.4 Å². The van der Waals surface area contributed by atoms with Crippen LogP contribution in [-0.2, 0) is 4.79 Å². The van der Waals surface area contributed by atoms with Crippen molar-refractivity contribution in [3.8, 4) is 0 Å². The van der Waals surface area contributed by atoms with E-state index in [0.29, 0.717) is 11.3 Å². The number of hydrogen-bond acceptors (Lipinski definition) is 3. The molecule has 0 radical (unpaired) electrons. The summed E-state index contributed by atoms with van der Waals surface area (Å²) in [5.74, 6) is 2.94. The highest BCUT2D eigenvalue weighted by atomic mass is 16.2. The maximum absolute atomic E-state index is 12.8. The maximum Gasteiger partial charge on any atom is 0.241 e. The number of carbonyl (C=O) groups is 1. The molecule has 5 aliphatic rings. The zero-order valence-electron chi connectivity index (χ0n) is 13.5. The van der Waals surface area contributed by atoms with E-state index < -0.39 is 0 Å². The van der Waals surface area contributed by atoms with Gasteiger partial charge in [-0.3, -0.25) is 9.69 Å². The summed E-state index contributed by atoms with van der Waals surface area (Å²) in [6.07, 6.45) is 4.14. The van der Waals surface area contributed by atoms with Gasteiger partial charge in [-0.15, -0.1) is 0 Å². The van der Waals surface area contributed by atoms with Crippen LogP contribution in [0.3, 0.4) is 0 Å². The Morgan fingerprint density at radius 3 is 2.86 bits per heavy atom. The third kappa shape index (κ3) is 2.14. The molecule has 4 heteroatoms. The van der Waals surface area contributed by atoms with Gasteiger partial charge in [0.2, 0.25) is 5.91 Å². The molecule has 5 rings (SSSR count). The second-order valence-electron chi connectivity index (χ2n) is 8.24. The molecule has 118 valence electrons. The van der Waals surface area contributed by atoms with Gasteiger partial charge >= 0.3 is 0 Å². The first-order chi connectivity index (χ1) is 10.1. The Kier molecular flexibility index (Phi) is 3.30. The van der Waals surface area contributed by atoms with Gasteiger partial charge in [0.15, 0.2) is 0 Å². The highest BCUT2D eigenvalue weighted by molar-refractivity contribution is 5.83. The third-order valence-electron chi connectivity index (χ3n) is 7.06. The Labute approximate surface area is 128 Å². The fourth-order valence-electron chi connectivity index (χ4n) is 5.47. The number of piperazine rings is 2. The molecule has 3 aliphatic carbocycles. The monoisotopic (exact) mass is 291 g/mol. The predicted molar refractivity (Wildman–Crippen MR) is 82.9 cm³/mol. The Balaban J connectivity index is 1.42. The lowest BCUT2D eigenvalue weighted by atomic mass is 9.45. The summed E-state index contributed by atoms with van der Waals surface area (Å²) in [5.41, 5.74) is 0.528. The van der Waals surface area contributed by atoms with Crippen LogP contribution in [0.4, 0.5) is 0 Å². The molecule has 4 atom stereocenters. The van der Waals surface area contributed by atoms with Crippen LogP contribution < -0.4 is 5.32 Å². The van der Waals surface area contributed by atoms with E-state index in [0.717, 1.165) is 57.0 Å². The molecule has 2 saturated heterocycles. The molecule has 0 spiro atoms. The van der Waals surface area contributed by atoms with E-state index >= 15 is 0 Å². The smallest absolute Gasteiger partial charge is 0.241 e. The normalized spacial score (nSPS) is 42.4. The van der Waals surface area contributed by atoms with Crippen molar-refractivity contribution in [2.45, 2.75) is 39.2 Å². The lowest BCUT2D eigenvalue weighted by Crippen LogP contribution is -2.65. The molecular weight excluding hydrogens is 262 g/mol. The van der Waals surface area contributed by atoms with Crippen LogP contribution in [-0.4, -0.2) is 61.0 Å². The third-order valence-corrected chi connectivity index (χ3v) is 7.06. The van der Waals surface area contributed by atoms with Gasteiger partial charge in [0.05, 0.1) is 0 Å². The van der Waals surface area contributed by atoms with E-state index in [2.05, 4.69) is 29.0 Å². The predicted octanol–water partition coefficient (Wildman–Crippen LogP) is 1.17. The van der Waals surface area contributed by atoms with Gasteiger partial charge in [0.25, 0.3) is 0 Å². The minimum Gasteiger partial charge on any atom is -0.340 e.